The molecule has 37 heavy (non-hydrogen) atoms. The minimum atomic E-state index is -4.52. The van der Waals surface area contributed by atoms with Crippen LogP contribution in [0.4, 0.5) is 24.5 Å². The van der Waals surface area contributed by atoms with Crippen molar-refractivity contribution in [1.29, 1.82) is 5.26 Å². The van der Waals surface area contributed by atoms with Gasteiger partial charge in [0.05, 0.1) is 23.6 Å². The van der Waals surface area contributed by atoms with Crippen molar-refractivity contribution in [3.8, 4) is 11.8 Å². The average molecular weight is 524 g/mol. The zero-order valence-corrected chi connectivity index (χ0v) is 20.3. The van der Waals surface area contributed by atoms with Crippen molar-refractivity contribution >= 4 is 35.0 Å². The van der Waals surface area contributed by atoms with Crippen LogP contribution in [0.15, 0.2) is 89.5 Å². The van der Waals surface area contributed by atoms with E-state index < -0.39 is 28.8 Å². The van der Waals surface area contributed by atoms with Crippen molar-refractivity contribution in [2.24, 2.45) is 0 Å². The molecule has 3 aromatic carbocycles. The molecule has 1 saturated heterocycles. The summed E-state index contributed by atoms with van der Waals surface area (Å²) < 4.78 is 44.8. The molecule has 1 aliphatic rings. The highest BCUT2D eigenvalue weighted by atomic mass is 32.2. The number of alkyl halides is 3. The monoisotopic (exact) mass is 523 g/mol. The SMILES string of the molecule is COc1ccccc1NC(=O)/C(C#N)=C1\S[C@@H](Cc2cccc(C(F)(F)F)c2)C(=O)N1c1ccccc1. The van der Waals surface area contributed by atoms with Crippen molar-refractivity contribution in [3.63, 3.8) is 0 Å². The quantitative estimate of drug-likeness (QED) is 0.327. The van der Waals surface area contributed by atoms with E-state index in [-0.39, 0.29) is 17.0 Å². The second kappa shape index (κ2) is 10.8. The Morgan fingerprint density at radius 3 is 2.46 bits per heavy atom. The summed E-state index contributed by atoms with van der Waals surface area (Å²) in [5, 5.41) is 11.8. The molecule has 1 N–H and O–H groups in total. The maximum absolute atomic E-state index is 13.5. The summed E-state index contributed by atoms with van der Waals surface area (Å²) in [6, 6.07) is 21.8. The average Bonchev–Trinajstić information content (AvgIpc) is 3.20. The van der Waals surface area contributed by atoms with Crippen molar-refractivity contribution in [2.75, 3.05) is 17.3 Å². The standard InChI is InChI=1S/C27H20F3N3O3S/c1-36-22-13-6-5-12-21(22)32-24(34)20(16-31)26-33(19-10-3-2-4-11-19)25(35)23(37-26)15-17-8-7-9-18(14-17)27(28,29)30/h2-14,23H,15H2,1H3,(H,32,34)/b26-20-/t23-/m0/s1. The van der Waals surface area contributed by atoms with E-state index in [1.54, 1.807) is 54.6 Å². The highest BCUT2D eigenvalue weighted by Gasteiger charge is 2.41. The molecule has 1 atom stereocenters. The summed E-state index contributed by atoms with van der Waals surface area (Å²) in [5.74, 6) is -0.806. The van der Waals surface area contributed by atoms with E-state index in [1.165, 1.54) is 24.1 Å². The molecule has 0 aliphatic carbocycles. The third-order valence-electron chi connectivity index (χ3n) is 5.55. The van der Waals surface area contributed by atoms with E-state index in [0.29, 0.717) is 22.7 Å². The van der Waals surface area contributed by atoms with Gasteiger partial charge in [0, 0.05) is 5.69 Å². The van der Waals surface area contributed by atoms with Crippen LogP contribution in [0.1, 0.15) is 11.1 Å². The zero-order valence-electron chi connectivity index (χ0n) is 19.5. The van der Waals surface area contributed by atoms with Crippen LogP contribution in [-0.2, 0) is 22.2 Å². The number of anilines is 2. The minimum Gasteiger partial charge on any atom is -0.495 e. The topological polar surface area (TPSA) is 82.4 Å². The highest BCUT2D eigenvalue weighted by molar-refractivity contribution is 8.05. The first-order valence-corrected chi connectivity index (χ1v) is 11.9. The Balaban J connectivity index is 1.71. The molecular formula is C27H20F3N3O3S. The van der Waals surface area contributed by atoms with E-state index in [9.17, 15) is 28.0 Å². The summed E-state index contributed by atoms with van der Waals surface area (Å²) >= 11 is 0.972. The Morgan fingerprint density at radius 1 is 1.08 bits per heavy atom. The first-order chi connectivity index (χ1) is 17.7. The van der Waals surface area contributed by atoms with Gasteiger partial charge in [-0.15, -0.1) is 0 Å². The number of ether oxygens (including phenoxy) is 1. The lowest BCUT2D eigenvalue weighted by Gasteiger charge is -2.19. The molecular weight excluding hydrogens is 503 g/mol. The largest absolute Gasteiger partial charge is 0.495 e. The predicted octanol–water partition coefficient (Wildman–Crippen LogP) is 5.78. The number of halogens is 3. The summed E-state index contributed by atoms with van der Waals surface area (Å²) in [6.45, 7) is 0. The molecule has 188 valence electrons. The maximum atomic E-state index is 13.5. The van der Waals surface area contributed by atoms with Crippen LogP contribution < -0.4 is 15.0 Å². The van der Waals surface area contributed by atoms with Crippen molar-refractivity contribution in [3.05, 3.63) is 101 Å². The summed E-state index contributed by atoms with van der Waals surface area (Å²) in [6.07, 6.45) is -4.54. The Hall–Kier alpha value is -4.23. The second-order valence-electron chi connectivity index (χ2n) is 7.96. The minimum absolute atomic E-state index is 0.0207. The van der Waals surface area contributed by atoms with E-state index in [2.05, 4.69) is 5.32 Å². The number of nitrogens with one attached hydrogen (secondary N) is 1. The van der Waals surface area contributed by atoms with E-state index in [0.717, 1.165) is 23.9 Å². The van der Waals surface area contributed by atoms with Crippen LogP contribution in [0, 0.1) is 11.3 Å². The number of carbonyl (C=O) groups is 2. The number of nitrogens with zero attached hydrogens (tertiary/aromatic N) is 2. The molecule has 0 aromatic heterocycles. The number of hydrogen-bond donors (Lipinski definition) is 1. The van der Waals surface area contributed by atoms with Gasteiger partial charge in [0.25, 0.3) is 5.91 Å². The number of hydrogen-bond acceptors (Lipinski definition) is 5. The van der Waals surface area contributed by atoms with Crippen molar-refractivity contribution < 1.29 is 27.5 Å². The summed E-state index contributed by atoms with van der Waals surface area (Å²) in [5.41, 5.74) is -0.0413. The van der Waals surface area contributed by atoms with Crippen LogP contribution in [0.25, 0.3) is 0 Å². The van der Waals surface area contributed by atoms with Crippen LogP contribution in [0.3, 0.4) is 0 Å². The molecule has 0 radical (unpaired) electrons. The molecule has 6 nitrogen and oxygen atoms in total. The third kappa shape index (κ3) is 5.62. The molecule has 2 amide bonds. The maximum Gasteiger partial charge on any atom is 0.416 e. The first kappa shape index (κ1) is 25.9. The van der Waals surface area contributed by atoms with Gasteiger partial charge in [0.15, 0.2) is 0 Å². The van der Waals surface area contributed by atoms with E-state index in [4.69, 9.17) is 4.74 Å². The molecule has 3 aromatic rings. The summed E-state index contributed by atoms with van der Waals surface area (Å²) in [7, 11) is 1.44. The molecule has 4 rings (SSSR count). The second-order valence-corrected chi connectivity index (χ2v) is 9.16. The number of carbonyl (C=O) groups excluding carboxylic acids is 2. The normalized spacial score (nSPS) is 16.8. The smallest absolute Gasteiger partial charge is 0.416 e. The van der Waals surface area contributed by atoms with Crippen LogP contribution in [-0.4, -0.2) is 24.2 Å². The van der Waals surface area contributed by atoms with Gasteiger partial charge in [0.1, 0.15) is 22.4 Å². The molecule has 1 fully saturated rings. The van der Waals surface area contributed by atoms with Crippen LogP contribution in [0.2, 0.25) is 0 Å². The fourth-order valence-corrected chi connectivity index (χ4v) is 5.13. The number of rotatable bonds is 6. The highest BCUT2D eigenvalue weighted by Crippen LogP contribution is 2.42. The third-order valence-corrected chi connectivity index (χ3v) is 6.81. The number of amides is 2. The van der Waals surface area contributed by atoms with Gasteiger partial charge in [-0.3, -0.25) is 14.5 Å². The molecule has 0 bridgehead atoms. The molecule has 0 saturated carbocycles. The lowest BCUT2D eigenvalue weighted by molar-refractivity contribution is -0.137. The summed E-state index contributed by atoms with van der Waals surface area (Å²) in [4.78, 5) is 27.9. The van der Waals surface area contributed by atoms with Gasteiger partial charge in [-0.1, -0.05) is 60.3 Å². The number of benzene rings is 3. The number of para-hydroxylation sites is 3. The Bertz CT molecular complexity index is 1400. The Labute approximate surface area is 215 Å². The van der Waals surface area contributed by atoms with Gasteiger partial charge >= 0.3 is 6.18 Å². The molecule has 0 unspecified atom stereocenters. The van der Waals surface area contributed by atoms with Gasteiger partial charge in [0.2, 0.25) is 5.91 Å². The fourth-order valence-electron chi connectivity index (χ4n) is 3.82. The Kier molecular flexibility index (Phi) is 7.55. The zero-order chi connectivity index (χ0) is 26.6. The van der Waals surface area contributed by atoms with Crippen molar-refractivity contribution in [1.82, 2.24) is 0 Å². The van der Waals surface area contributed by atoms with Crippen LogP contribution in [0.5, 0.6) is 5.75 Å². The van der Waals surface area contributed by atoms with Gasteiger partial charge in [-0.25, -0.2) is 0 Å². The lowest BCUT2D eigenvalue weighted by Crippen LogP contribution is -2.31. The fraction of sp³-hybridized carbons (Fsp3) is 0.148. The van der Waals surface area contributed by atoms with E-state index >= 15 is 0 Å². The lowest BCUT2D eigenvalue weighted by atomic mass is 10.1. The predicted molar refractivity (Wildman–Crippen MR) is 135 cm³/mol. The first-order valence-electron chi connectivity index (χ1n) is 11.0. The van der Waals surface area contributed by atoms with Crippen molar-refractivity contribution in [2.45, 2.75) is 17.8 Å². The number of thioether (sulfide) groups is 1. The van der Waals surface area contributed by atoms with Crippen LogP contribution >= 0.6 is 11.8 Å². The molecule has 10 heteroatoms. The van der Waals surface area contributed by atoms with Gasteiger partial charge in [-0.05, 0) is 42.3 Å². The molecule has 1 heterocycles. The van der Waals surface area contributed by atoms with Gasteiger partial charge < -0.3 is 10.1 Å². The van der Waals surface area contributed by atoms with Gasteiger partial charge in [-0.2, -0.15) is 18.4 Å². The Morgan fingerprint density at radius 2 is 1.78 bits per heavy atom. The number of methoxy groups -OCH3 is 1. The van der Waals surface area contributed by atoms with E-state index in [1.807, 2.05) is 6.07 Å². The number of nitriles is 1. The molecule has 1 aliphatic heterocycles. The molecule has 0 spiro atoms.